The number of aromatic nitrogens is 2. The number of nitrogens with two attached hydrogens (primary N) is 1. The molecule has 1 aromatic heterocycles. The minimum atomic E-state index is -0.128. The number of aliphatic hydroxyl groups is 1. The van der Waals surface area contributed by atoms with Gasteiger partial charge in [0, 0.05) is 18.2 Å². The fourth-order valence-electron chi connectivity index (χ4n) is 2.39. The zero-order valence-corrected chi connectivity index (χ0v) is 11.2. The van der Waals surface area contributed by atoms with Crippen molar-refractivity contribution in [1.29, 1.82) is 0 Å². The topological polar surface area (TPSA) is 84.1 Å². The fraction of sp³-hybridized carbons (Fsp3) is 0.333. The molecule has 0 spiro atoms. The lowest BCUT2D eigenvalue weighted by molar-refractivity contribution is 0.0486. The summed E-state index contributed by atoms with van der Waals surface area (Å²) in [6, 6.07) is 11.5. The van der Waals surface area contributed by atoms with Crippen LogP contribution in [-0.2, 0) is 0 Å². The molecule has 0 unspecified atom stereocenters. The Morgan fingerprint density at radius 1 is 1.20 bits per heavy atom. The molecule has 0 aliphatic heterocycles. The molecule has 4 N–H and O–H groups in total. The van der Waals surface area contributed by atoms with Gasteiger partial charge in [-0.25, -0.2) is 9.97 Å². The molecule has 2 aromatic rings. The number of hydrogen-bond donors (Lipinski definition) is 3. The molecule has 104 valence electrons. The molecule has 0 amide bonds. The van der Waals surface area contributed by atoms with Crippen molar-refractivity contribution in [2.24, 2.45) is 5.92 Å². The van der Waals surface area contributed by atoms with Gasteiger partial charge in [-0.1, -0.05) is 30.3 Å². The Morgan fingerprint density at radius 2 is 1.95 bits per heavy atom. The molecule has 0 radical (unpaired) electrons. The summed E-state index contributed by atoms with van der Waals surface area (Å²) < 4.78 is 0. The molecule has 1 aliphatic rings. The third kappa shape index (κ3) is 2.88. The summed E-state index contributed by atoms with van der Waals surface area (Å²) in [6.45, 7) is 0.807. The maximum atomic E-state index is 9.28. The number of rotatable bonds is 4. The van der Waals surface area contributed by atoms with Crippen molar-refractivity contribution < 1.29 is 5.11 Å². The maximum absolute atomic E-state index is 9.28. The SMILES string of the molecule is Nc1cc(NCC2CC(O)C2)nc(-c2ccccc2)n1. The summed E-state index contributed by atoms with van der Waals surface area (Å²) in [6.07, 6.45) is 1.59. The van der Waals surface area contributed by atoms with Crippen LogP contribution in [0.5, 0.6) is 0 Å². The highest BCUT2D eigenvalue weighted by atomic mass is 16.3. The van der Waals surface area contributed by atoms with Crippen molar-refractivity contribution in [3.8, 4) is 11.4 Å². The highest BCUT2D eigenvalue weighted by Crippen LogP contribution is 2.27. The summed E-state index contributed by atoms with van der Waals surface area (Å²) in [4.78, 5) is 8.75. The van der Waals surface area contributed by atoms with E-state index in [-0.39, 0.29) is 6.10 Å². The molecule has 0 saturated heterocycles. The molecule has 0 bridgehead atoms. The van der Waals surface area contributed by atoms with Crippen LogP contribution in [0.25, 0.3) is 11.4 Å². The molecule has 1 aliphatic carbocycles. The minimum Gasteiger partial charge on any atom is -0.393 e. The smallest absolute Gasteiger partial charge is 0.163 e. The van der Waals surface area contributed by atoms with Crippen molar-refractivity contribution in [3.05, 3.63) is 36.4 Å². The van der Waals surface area contributed by atoms with E-state index in [0.717, 1.165) is 30.8 Å². The lowest BCUT2D eigenvalue weighted by atomic mass is 9.82. The summed E-state index contributed by atoms with van der Waals surface area (Å²) in [5.41, 5.74) is 6.79. The zero-order valence-electron chi connectivity index (χ0n) is 11.2. The first-order chi connectivity index (χ1) is 9.70. The number of hydrogen-bond acceptors (Lipinski definition) is 5. The quantitative estimate of drug-likeness (QED) is 0.790. The fourth-order valence-corrected chi connectivity index (χ4v) is 2.39. The van der Waals surface area contributed by atoms with Crippen LogP contribution >= 0.6 is 0 Å². The molecule has 1 heterocycles. The third-order valence-electron chi connectivity index (χ3n) is 3.56. The Hall–Kier alpha value is -2.14. The van der Waals surface area contributed by atoms with Crippen LogP contribution in [0.4, 0.5) is 11.6 Å². The third-order valence-corrected chi connectivity index (χ3v) is 3.56. The van der Waals surface area contributed by atoms with Gasteiger partial charge < -0.3 is 16.2 Å². The first-order valence-corrected chi connectivity index (χ1v) is 6.82. The predicted octanol–water partition coefficient (Wildman–Crippen LogP) is 1.91. The summed E-state index contributed by atoms with van der Waals surface area (Å²) in [7, 11) is 0. The van der Waals surface area contributed by atoms with Crippen molar-refractivity contribution in [2.45, 2.75) is 18.9 Å². The standard InChI is InChI=1S/C15H18N4O/c16-13-8-14(17-9-10-6-12(20)7-10)19-15(18-13)11-4-2-1-3-5-11/h1-5,8,10,12,20H,6-7,9H2,(H3,16,17,18,19). The average Bonchev–Trinajstić information content (AvgIpc) is 2.43. The van der Waals surface area contributed by atoms with Crippen LogP contribution in [0, 0.1) is 5.92 Å². The van der Waals surface area contributed by atoms with Gasteiger partial charge in [-0.2, -0.15) is 0 Å². The molecule has 5 heteroatoms. The molecule has 0 atom stereocenters. The van der Waals surface area contributed by atoms with E-state index in [2.05, 4.69) is 15.3 Å². The van der Waals surface area contributed by atoms with Crippen molar-refractivity contribution >= 4 is 11.6 Å². The van der Waals surface area contributed by atoms with Gasteiger partial charge in [0.15, 0.2) is 5.82 Å². The molecule has 1 aromatic carbocycles. The van der Waals surface area contributed by atoms with Gasteiger partial charge >= 0.3 is 0 Å². The molecule has 20 heavy (non-hydrogen) atoms. The Bertz CT molecular complexity index is 582. The van der Waals surface area contributed by atoms with E-state index in [4.69, 9.17) is 5.73 Å². The predicted molar refractivity (Wildman–Crippen MR) is 79.1 cm³/mol. The van der Waals surface area contributed by atoms with Crippen LogP contribution in [0.3, 0.4) is 0 Å². The van der Waals surface area contributed by atoms with Gasteiger partial charge in [0.1, 0.15) is 11.6 Å². The number of nitrogens with one attached hydrogen (secondary N) is 1. The largest absolute Gasteiger partial charge is 0.393 e. The average molecular weight is 270 g/mol. The lowest BCUT2D eigenvalue weighted by Crippen LogP contribution is -2.33. The second-order valence-electron chi connectivity index (χ2n) is 5.24. The van der Waals surface area contributed by atoms with Gasteiger partial charge in [0.05, 0.1) is 6.10 Å². The first kappa shape index (κ1) is 12.9. The highest BCUT2D eigenvalue weighted by Gasteiger charge is 2.26. The van der Waals surface area contributed by atoms with E-state index in [0.29, 0.717) is 17.6 Å². The van der Waals surface area contributed by atoms with E-state index < -0.39 is 0 Å². The van der Waals surface area contributed by atoms with Crippen LogP contribution in [0.2, 0.25) is 0 Å². The Kier molecular flexibility index (Phi) is 3.52. The summed E-state index contributed by atoms with van der Waals surface area (Å²) in [5, 5.41) is 12.6. The monoisotopic (exact) mass is 270 g/mol. The van der Waals surface area contributed by atoms with Crippen LogP contribution in [0.15, 0.2) is 36.4 Å². The van der Waals surface area contributed by atoms with E-state index in [1.165, 1.54) is 0 Å². The van der Waals surface area contributed by atoms with Crippen molar-refractivity contribution in [3.63, 3.8) is 0 Å². The zero-order chi connectivity index (χ0) is 13.9. The number of aliphatic hydroxyl groups excluding tert-OH is 1. The maximum Gasteiger partial charge on any atom is 0.163 e. The second-order valence-corrected chi connectivity index (χ2v) is 5.24. The van der Waals surface area contributed by atoms with Gasteiger partial charge in [-0.3, -0.25) is 0 Å². The van der Waals surface area contributed by atoms with Gasteiger partial charge in [0.2, 0.25) is 0 Å². The first-order valence-electron chi connectivity index (χ1n) is 6.82. The molecule has 5 nitrogen and oxygen atoms in total. The van der Waals surface area contributed by atoms with Crippen LogP contribution in [0.1, 0.15) is 12.8 Å². The highest BCUT2D eigenvalue weighted by molar-refractivity contribution is 5.60. The molecular weight excluding hydrogens is 252 g/mol. The van der Waals surface area contributed by atoms with Gasteiger partial charge in [-0.05, 0) is 18.8 Å². The van der Waals surface area contributed by atoms with Crippen molar-refractivity contribution in [2.75, 3.05) is 17.6 Å². The molecular formula is C15H18N4O. The Morgan fingerprint density at radius 3 is 2.65 bits per heavy atom. The van der Waals surface area contributed by atoms with E-state index in [9.17, 15) is 5.11 Å². The summed E-state index contributed by atoms with van der Waals surface area (Å²) >= 11 is 0. The molecule has 1 fully saturated rings. The number of anilines is 2. The van der Waals surface area contributed by atoms with E-state index in [1.807, 2.05) is 30.3 Å². The number of nitrogen functional groups attached to an aromatic ring is 1. The molecule has 3 rings (SSSR count). The minimum absolute atomic E-state index is 0.128. The van der Waals surface area contributed by atoms with Crippen molar-refractivity contribution in [1.82, 2.24) is 9.97 Å². The van der Waals surface area contributed by atoms with Gasteiger partial charge in [0.25, 0.3) is 0 Å². The number of nitrogens with zero attached hydrogens (tertiary/aromatic N) is 2. The van der Waals surface area contributed by atoms with E-state index >= 15 is 0 Å². The van der Waals surface area contributed by atoms with Crippen LogP contribution in [-0.4, -0.2) is 27.7 Å². The molecule has 1 saturated carbocycles. The number of benzene rings is 1. The lowest BCUT2D eigenvalue weighted by Gasteiger charge is -2.31. The van der Waals surface area contributed by atoms with Gasteiger partial charge in [-0.15, -0.1) is 0 Å². The summed E-state index contributed by atoms with van der Waals surface area (Å²) in [5.74, 6) is 2.33. The van der Waals surface area contributed by atoms with E-state index in [1.54, 1.807) is 6.07 Å². The second kappa shape index (κ2) is 5.46. The van der Waals surface area contributed by atoms with Crippen LogP contribution < -0.4 is 11.1 Å². The normalized spacial score (nSPS) is 21.2. The Balaban J connectivity index is 1.73. The Labute approximate surface area is 117 Å².